The van der Waals surface area contributed by atoms with Crippen LogP contribution in [-0.2, 0) is 25.6 Å². The Kier molecular flexibility index (Phi) is 7.44. The molecule has 4 rings (SSSR count). The van der Waals surface area contributed by atoms with Crippen molar-refractivity contribution in [1.29, 1.82) is 0 Å². The highest BCUT2D eigenvalue weighted by molar-refractivity contribution is 5.90. The molecule has 174 valence electrons. The van der Waals surface area contributed by atoms with Gasteiger partial charge in [-0.2, -0.15) is 0 Å². The molecule has 0 bridgehead atoms. The second-order valence-corrected chi connectivity index (χ2v) is 8.80. The van der Waals surface area contributed by atoms with E-state index in [0.29, 0.717) is 19.6 Å². The van der Waals surface area contributed by atoms with Crippen LogP contribution in [0.25, 0.3) is 10.9 Å². The van der Waals surface area contributed by atoms with E-state index in [2.05, 4.69) is 15.6 Å². The summed E-state index contributed by atoms with van der Waals surface area (Å²) in [5.74, 6) is -0.777. The van der Waals surface area contributed by atoms with Crippen molar-refractivity contribution in [3.8, 4) is 0 Å². The molecule has 2 aliphatic heterocycles. The van der Waals surface area contributed by atoms with E-state index in [1.807, 2.05) is 37.4 Å². The third-order valence-electron chi connectivity index (χ3n) is 6.64. The molecule has 8 nitrogen and oxygen atoms in total. The number of amides is 2. The first kappa shape index (κ1) is 22.8. The highest BCUT2D eigenvalue weighted by Gasteiger charge is 2.36. The summed E-state index contributed by atoms with van der Waals surface area (Å²) in [5.41, 5.74) is 2.00. The van der Waals surface area contributed by atoms with Crippen molar-refractivity contribution in [3.05, 3.63) is 36.0 Å². The Hall–Kier alpha value is -2.42. The van der Waals surface area contributed by atoms with Crippen molar-refractivity contribution < 1.29 is 19.2 Å². The van der Waals surface area contributed by atoms with Crippen molar-refractivity contribution in [1.82, 2.24) is 20.7 Å². The number of carbonyl (C=O) groups excluding carboxylic acids is 2. The van der Waals surface area contributed by atoms with Gasteiger partial charge in [0.25, 0.3) is 5.91 Å². The fraction of sp³-hybridized carbons (Fsp3) is 0.583. The van der Waals surface area contributed by atoms with Crippen LogP contribution in [0.1, 0.15) is 38.2 Å². The maximum absolute atomic E-state index is 13.3. The first-order chi connectivity index (χ1) is 15.6. The number of carbonyl (C=O) groups is 2. The number of fused-ring (bicyclic) bond motifs is 1. The Morgan fingerprint density at radius 2 is 2.12 bits per heavy atom. The zero-order valence-corrected chi connectivity index (χ0v) is 18.9. The molecule has 2 saturated heterocycles. The van der Waals surface area contributed by atoms with Crippen LogP contribution >= 0.6 is 0 Å². The maximum atomic E-state index is 13.3. The fourth-order valence-electron chi connectivity index (χ4n) is 4.83. The number of aromatic nitrogens is 1. The van der Waals surface area contributed by atoms with Crippen molar-refractivity contribution in [2.24, 2.45) is 5.92 Å². The van der Waals surface area contributed by atoms with Crippen LogP contribution in [0.5, 0.6) is 0 Å². The fourth-order valence-corrected chi connectivity index (χ4v) is 4.83. The predicted octanol–water partition coefficient (Wildman–Crippen LogP) is 2.15. The number of nitrogens with zero attached hydrogens (tertiary/aromatic N) is 1. The van der Waals surface area contributed by atoms with Crippen LogP contribution in [0, 0.1) is 5.92 Å². The third-order valence-corrected chi connectivity index (χ3v) is 6.64. The lowest BCUT2D eigenvalue weighted by Gasteiger charge is -2.32. The summed E-state index contributed by atoms with van der Waals surface area (Å²) in [6, 6.07) is 7.41. The van der Waals surface area contributed by atoms with Gasteiger partial charge in [-0.05, 0) is 43.9 Å². The Labute approximate surface area is 189 Å². The van der Waals surface area contributed by atoms with Gasteiger partial charge in [0.15, 0.2) is 0 Å². The van der Waals surface area contributed by atoms with E-state index < -0.39 is 12.0 Å². The highest BCUT2D eigenvalue weighted by atomic mass is 16.7. The summed E-state index contributed by atoms with van der Waals surface area (Å²) in [6.45, 7) is 3.87. The molecule has 32 heavy (non-hydrogen) atoms. The lowest BCUT2D eigenvalue weighted by Crippen LogP contribution is -2.54. The molecule has 4 atom stereocenters. The van der Waals surface area contributed by atoms with Crippen molar-refractivity contribution in [3.63, 3.8) is 0 Å². The molecular weight excluding hydrogens is 408 g/mol. The third kappa shape index (κ3) is 4.98. The molecule has 0 saturated carbocycles. The molecule has 3 N–H and O–H groups in total. The minimum absolute atomic E-state index is 0.147. The summed E-state index contributed by atoms with van der Waals surface area (Å²) in [7, 11) is 1.64. The molecule has 0 radical (unpaired) electrons. The monoisotopic (exact) mass is 442 g/mol. The number of ether oxygens (including phenoxy) is 1. The van der Waals surface area contributed by atoms with E-state index in [9.17, 15) is 9.59 Å². The molecule has 2 aliphatic rings. The van der Waals surface area contributed by atoms with Gasteiger partial charge in [0.1, 0.15) is 6.04 Å². The molecular formula is C24H34N4O4. The Balaban J connectivity index is 1.52. The Morgan fingerprint density at radius 3 is 2.84 bits per heavy atom. The lowest BCUT2D eigenvalue weighted by molar-refractivity contribution is -0.199. The van der Waals surface area contributed by atoms with Crippen LogP contribution in [0.15, 0.2) is 30.5 Å². The molecule has 3 heterocycles. The first-order valence-electron chi connectivity index (χ1n) is 11.6. The predicted molar refractivity (Wildman–Crippen MR) is 122 cm³/mol. The number of hydrogen-bond donors (Lipinski definition) is 3. The van der Waals surface area contributed by atoms with Gasteiger partial charge >= 0.3 is 0 Å². The molecule has 1 unspecified atom stereocenters. The first-order valence-corrected chi connectivity index (χ1v) is 11.6. The number of hydrogen-bond acceptors (Lipinski definition) is 5. The zero-order valence-electron chi connectivity index (χ0n) is 18.9. The summed E-state index contributed by atoms with van der Waals surface area (Å²) in [5, 5.41) is 8.92. The minimum atomic E-state index is -0.712. The smallest absolute Gasteiger partial charge is 0.269 e. The van der Waals surface area contributed by atoms with Crippen molar-refractivity contribution in [2.45, 2.75) is 57.2 Å². The van der Waals surface area contributed by atoms with E-state index in [0.717, 1.165) is 48.7 Å². The van der Waals surface area contributed by atoms with Gasteiger partial charge in [0.2, 0.25) is 5.91 Å². The summed E-state index contributed by atoms with van der Waals surface area (Å²) < 4.78 is 5.69. The number of rotatable bonds is 8. The topological polar surface area (TPSA) is 95.7 Å². The summed E-state index contributed by atoms with van der Waals surface area (Å²) in [4.78, 5) is 35.5. The minimum Gasteiger partial charge on any atom is -0.379 e. The Bertz CT molecular complexity index is 918. The van der Waals surface area contributed by atoms with Crippen LogP contribution < -0.4 is 10.6 Å². The molecule has 2 aromatic rings. The number of nitrogens with one attached hydrogen (secondary N) is 3. The van der Waals surface area contributed by atoms with Gasteiger partial charge in [0, 0.05) is 43.2 Å². The van der Waals surface area contributed by atoms with Gasteiger partial charge in [0.05, 0.1) is 18.6 Å². The second-order valence-electron chi connectivity index (χ2n) is 8.80. The summed E-state index contributed by atoms with van der Waals surface area (Å²) >= 11 is 0. The molecule has 2 amide bonds. The molecule has 0 aliphatic carbocycles. The van der Waals surface area contributed by atoms with E-state index in [1.54, 1.807) is 7.11 Å². The lowest BCUT2D eigenvalue weighted by atomic mass is 9.94. The average molecular weight is 443 g/mol. The normalized spacial score (nSPS) is 21.9. The standard InChI is InChI=1S/C24H34N4O4/c1-16(22(31-2)20-10-7-11-25-20)23(29)27-21(24(30)28-12-5-6-13-32-28)14-17-15-26-19-9-4-3-8-18(17)19/h3-4,8-9,15-16,20-22,25-26H,5-7,10-14H2,1-2H3,(H,27,29)/t16-,20+,21?,22-/m1/s1. The van der Waals surface area contributed by atoms with Crippen LogP contribution in [0.2, 0.25) is 0 Å². The number of hydroxylamine groups is 2. The van der Waals surface area contributed by atoms with Crippen molar-refractivity contribution in [2.75, 3.05) is 26.8 Å². The highest BCUT2D eigenvalue weighted by Crippen LogP contribution is 2.22. The quantitative estimate of drug-likeness (QED) is 0.582. The largest absolute Gasteiger partial charge is 0.379 e. The average Bonchev–Trinajstić information content (AvgIpc) is 3.50. The van der Waals surface area contributed by atoms with Crippen LogP contribution in [0.3, 0.4) is 0 Å². The summed E-state index contributed by atoms with van der Waals surface area (Å²) in [6.07, 6.45) is 5.95. The van der Waals surface area contributed by atoms with E-state index in [-0.39, 0.29) is 24.0 Å². The second kappa shape index (κ2) is 10.5. The van der Waals surface area contributed by atoms with Gasteiger partial charge in [-0.3, -0.25) is 14.4 Å². The number of methoxy groups -OCH3 is 1. The molecule has 0 spiro atoms. The molecule has 8 heteroatoms. The number of H-pyrrole nitrogens is 1. The van der Waals surface area contributed by atoms with E-state index >= 15 is 0 Å². The molecule has 1 aromatic carbocycles. The van der Waals surface area contributed by atoms with Gasteiger partial charge < -0.3 is 20.4 Å². The van der Waals surface area contributed by atoms with Crippen molar-refractivity contribution >= 4 is 22.7 Å². The van der Waals surface area contributed by atoms with Gasteiger partial charge in [-0.1, -0.05) is 25.1 Å². The molecule has 1 aromatic heterocycles. The Morgan fingerprint density at radius 1 is 1.28 bits per heavy atom. The number of benzene rings is 1. The zero-order chi connectivity index (χ0) is 22.5. The van der Waals surface area contributed by atoms with Gasteiger partial charge in [-0.25, -0.2) is 5.06 Å². The van der Waals surface area contributed by atoms with E-state index in [4.69, 9.17) is 9.57 Å². The maximum Gasteiger partial charge on any atom is 0.269 e. The van der Waals surface area contributed by atoms with E-state index in [1.165, 1.54) is 5.06 Å². The van der Waals surface area contributed by atoms with Crippen LogP contribution in [-0.4, -0.2) is 66.9 Å². The SMILES string of the molecule is CO[C@@H]([C@@H]1CCCN1)[C@@H](C)C(=O)NC(Cc1c[nH]c2ccccc12)C(=O)N1CCCCO1. The number of para-hydroxylation sites is 1. The number of aromatic amines is 1. The molecule has 2 fully saturated rings. The van der Waals surface area contributed by atoms with Gasteiger partial charge in [-0.15, -0.1) is 0 Å². The van der Waals surface area contributed by atoms with Crippen LogP contribution in [0.4, 0.5) is 0 Å².